The summed E-state index contributed by atoms with van der Waals surface area (Å²) in [6, 6.07) is 0. The number of rotatable bonds is 4. The van der Waals surface area contributed by atoms with Crippen molar-refractivity contribution in [2.75, 3.05) is 0 Å². The Labute approximate surface area is 97.4 Å². The van der Waals surface area contributed by atoms with E-state index in [2.05, 4.69) is 21.0 Å². The van der Waals surface area contributed by atoms with Gasteiger partial charge in [-0.3, -0.25) is 4.68 Å². The third-order valence-corrected chi connectivity index (χ3v) is 3.26. The number of hydrogen-bond acceptors (Lipinski definition) is 3. The van der Waals surface area contributed by atoms with Gasteiger partial charge in [-0.05, 0) is 36.7 Å². The minimum atomic E-state index is -1.33. The molecule has 1 rings (SSSR count). The molecule has 0 saturated carbocycles. The van der Waals surface area contributed by atoms with E-state index >= 15 is 0 Å². The molecule has 84 valence electrons. The van der Waals surface area contributed by atoms with Crippen LogP contribution in [0, 0.1) is 6.92 Å². The maximum Gasteiger partial charge on any atom is 0.151 e. The van der Waals surface area contributed by atoms with Gasteiger partial charge in [-0.2, -0.15) is 5.10 Å². The first-order valence-electron chi connectivity index (χ1n) is 4.81. The molecule has 1 unspecified atom stereocenters. The van der Waals surface area contributed by atoms with Crippen LogP contribution < -0.4 is 0 Å². The number of aliphatic hydroxyl groups is 1. The van der Waals surface area contributed by atoms with E-state index in [9.17, 15) is 9.90 Å². The van der Waals surface area contributed by atoms with Gasteiger partial charge in [-0.1, -0.05) is 0 Å². The third-order valence-electron chi connectivity index (χ3n) is 2.23. The van der Waals surface area contributed by atoms with Crippen molar-refractivity contribution < 1.29 is 9.90 Å². The van der Waals surface area contributed by atoms with Crippen molar-refractivity contribution in [1.29, 1.82) is 0 Å². The number of nitrogens with zero attached hydrogens (tertiary/aromatic N) is 2. The van der Waals surface area contributed by atoms with E-state index < -0.39 is 5.60 Å². The number of aryl methyl sites for hydroxylation is 2. The second-order valence-electron chi connectivity index (χ2n) is 3.81. The van der Waals surface area contributed by atoms with Gasteiger partial charge in [0.1, 0.15) is 5.60 Å². The first-order chi connectivity index (χ1) is 6.91. The van der Waals surface area contributed by atoms with E-state index in [1.807, 2.05) is 13.8 Å². The molecule has 0 aliphatic heterocycles. The highest BCUT2D eigenvalue weighted by atomic mass is 79.9. The average molecular weight is 275 g/mol. The topological polar surface area (TPSA) is 55.1 Å². The van der Waals surface area contributed by atoms with E-state index in [1.165, 1.54) is 6.92 Å². The molecular weight excluding hydrogens is 260 g/mol. The Morgan fingerprint density at radius 2 is 2.27 bits per heavy atom. The van der Waals surface area contributed by atoms with Gasteiger partial charge in [0.2, 0.25) is 0 Å². The van der Waals surface area contributed by atoms with Crippen LogP contribution in [0.25, 0.3) is 0 Å². The highest BCUT2D eigenvalue weighted by Gasteiger charge is 2.24. The number of hydrogen-bond donors (Lipinski definition) is 1. The standard InChI is InChI=1S/C10H15BrN2O2/c1-4-13-8(5-10(3,15)6-14)9(11)7(2)12-13/h6,15H,4-5H2,1-3H3. The lowest BCUT2D eigenvalue weighted by atomic mass is 10.0. The zero-order valence-corrected chi connectivity index (χ0v) is 10.7. The van der Waals surface area contributed by atoms with Crippen LogP contribution in [0.15, 0.2) is 4.47 Å². The summed E-state index contributed by atoms with van der Waals surface area (Å²) in [5, 5.41) is 14.0. The molecule has 1 atom stereocenters. The molecule has 1 aromatic rings. The van der Waals surface area contributed by atoms with Crippen LogP contribution in [-0.2, 0) is 17.8 Å². The van der Waals surface area contributed by atoms with Crippen LogP contribution in [0.5, 0.6) is 0 Å². The average Bonchev–Trinajstić information content (AvgIpc) is 2.45. The van der Waals surface area contributed by atoms with Crippen molar-refractivity contribution in [3.05, 3.63) is 15.9 Å². The Balaban J connectivity index is 3.08. The smallest absolute Gasteiger partial charge is 0.151 e. The van der Waals surface area contributed by atoms with E-state index in [0.29, 0.717) is 6.29 Å². The fourth-order valence-corrected chi connectivity index (χ4v) is 1.84. The SMILES string of the molecule is CCn1nc(C)c(Br)c1CC(C)(O)C=O. The van der Waals surface area contributed by atoms with Crippen LogP contribution in [0.4, 0.5) is 0 Å². The van der Waals surface area contributed by atoms with Crippen molar-refractivity contribution in [2.45, 2.75) is 39.3 Å². The number of aromatic nitrogens is 2. The van der Waals surface area contributed by atoms with Gasteiger partial charge in [-0.15, -0.1) is 0 Å². The number of carbonyl (C=O) groups excluding carboxylic acids is 1. The molecule has 1 heterocycles. The molecule has 0 saturated heterocycles. The largest absolute Gasteiger partial charge is 0.382 e. The molecule has 0 bridgehead atoms. The molecule has 4 nitrogen and oxygen atoms in total. The van der Waals surface area contributed by atoms with Gasteiger partial charge in [0.25, 0.3) is 0 Å². The number of halogens is 1. The van der Waals surface area contributed by atoms with E-state index in [4.69, 9.17) is 0 Å². The van der Waals surface area contributed by atoms with Crippen LogP contribution in [-0.4, -0.2) is 26.8 Å². The normalized spacial score (nSPS) is 15.0. The quantitative estimate of drug-likeness (QED) is 0.846. The molecule has 0 spiro atoms. The van der Waals surface area contributed by atoms with Crippen LogP contribution in [0.1, 0.15) is 25.2 Å². The maximum absolute atomic E-state index is 10.7. The van der Waals surface area contributed by atoms with Crippen LogP contribution >= 0.6 is 15.9 Å². The van der Waals surface area contributed by atoms with Gasteiger partial charge in [0.15, 0.2) is 6.29 Å². The van der Waals surface area contributed by atoms with Gasteiger partial charge in [0.05, 0.1) is 15.9 Å². The Bertz CT molecular complexity index is 372. The summed E-state index contributed by atoms with van der Waals surface area (Å²) in [5.41, 5.74) is 0.391. The monoisotopic (exact) mass is 274 g/mol. The minimum absolute atomic E-state index is 0.270. The second kappa shape index (κ2) is 4.45. The summed E-state index contributed by atoms with van der Waals surface area (Å²) in [5.74, 6) is 0. The second-order valence-corrected chi connectivity index (χ2v) is 4.61. The fourth-order valence-electron chi connectivity index (χ4n) is 1.42. The highest BCUT2D eigenvalue weighted by Crippen LogP contribution is 2.24. The van der Waals surface area contributed by atoms with Gasteiger partial charge < -0.3 is 9.90 Å². The first-order valence-corrected chi connectivity index (χ1v) is 5.61. The van der Waals surface area contributed by atoms with Gasteiger partial charge in [0, 0.05) is 13.0 Å². The molecule has 15 heavy (non-hydrogen) atoms. The summed E-state index contributed by atoms with van der Waals surface area (Å²) in [6.45, 7) is 6.07. The van der Waals surface area contributed by atoms with Crippen LogP contribution in [0.2, 0.25) is 0 Å². The minimum Gasteiger partial charge on any atom is -0.382 e. The summed E-state index contributed by atoms with van der Waals surface area (Å²) in [4.78, 5) is 10.7. The van der Waals surface area contributed by atoms with Gasteiger partial charge in [-0.25, -0.2) is 0 Å². The molecule has 0 aliphatic rings. The highest BCUT2D eigenvalue weighted by molar-refractivity contribution is 9.10. The Kier molecular flexibility index (Phi) is 3.67. The van der Waals surface area contributed by atoms with Crippen LogP contribution in [0.3, 0.4) is 0 Å². The van der Waals surface area contributed by atoms with Gasteiger partial charge >= 0.3 is 0 Å². The number of carbonyl (C=O) groups is 1. The Morgan fingerprint density at radius 1 is 1.67 bits per heavy atom. The van der Waals surface area contributed by atoms with E-state index in [0.717, 1.165) is 22.4 Å². The first kappa shape index (κ1) is 12.4. The zero-order valence-electron chi connectivity index (χ0n) is 9.12. The lowest BCUT2D eigenvalue weighted by molar-refractivity contribution is -0.122. The molecule has 1 aromatic heterocycles. The van der Waals surface area contributed by atoms with E-state index in [-0.39, 0.29) is 6.42 Å². The summed E-state index contributed by atoms with van der Waals surface area (Å²) in [6.07, 6.45) is 0.827. The lowest BCUT2D eigenvalue weighted by Gasteiger charge is -2.16. The summed E-state index contributed by atoms with van der Waals surface area (Å²) in [7, 11) is 0. The maximum atomic E-state index is 10.7. The molecule has 0 radical (unpaired) electrons. The van der Waals surface area contributed by atoms with Crippen molar-refractivity contribution in [1.82, 2.24) is 9.78 Å². The molecule has 0 amide bonds. The predicted molar refractivity (Wildman–Crippen MR) is 60.7 cm³/mol. The fraction of sp³-hybridized carbons (Fsp3) is 0.600. The van der Waals surface area contributed by atoms with Crippen molar-refractivity contribution >= 4 is 22.2 Å². The van der Waals surface area contributed by atoms with Crippen molar-refractivity contribution in [2.24, 2.45) is 0 Å². The molecule has 0 fully saturated rings. The number of aldehydes is 1. The molecule has 0 aromatic carbocycles. The summed E-state index contributed by atoms with van der Waals surface area (Å²) < 4.78 is 2.66. The van der Waals surface area contributed by atoms with E-state index in [1.54, 1.807) is 4.68 Å². The molecule has 0 aliphatic carbocycles. The Morgan fingerprint density at radius 3 is 2.73 bits per heavy atom. The molecular formula is C10H15BrN2O2. The molecule has 1 N–H and O–H groups in total. The van der Waals surface area contributed by atoms with Crippen molar-refractivity contribution in [3.63, 3.8) is 0 Å². The summed E-state index contributed by atoms with van der Waals surface area (Å²) >= 11 is 3.41. The zero-order chi connectivity index (χ0) is 11.6. The van der Waals surface area contributed by atoms with Crippen molar-refractivity contribution in [3.8, 4) is 0 Å². The lowest BCUT2D eigenvalue weighted by Crippen LogP contribution is -2.30. The molecule has 5 heteroatoms. The Hall–Kier alpha value is -0.680. The third kappa shape index (κ3) is 2.66. The predicted octanol–water partition coefficient (Wildman–Crippen LogP) is 1.47.